The van der Waals surface area contributed by atoms with Gasteiger partial charge in [0.2, 0.25) is 17.7 Å². The van der Waals surface area contributed by atoms with E-state index in [1.165, 1.54) is 0 Å². The number of likely N-dealkylation sites (N-methyl/N-ethyl adjacent to an activating group) is 1. The molecule has 5 aliphatic rings. The number of fused-ring (bicyclic) bond motifs is 2. The predicted octanol–water partition coefficient (Wildman–Crippen LogP) is 4.66. The maximum absolute atomic E-state index is 15.0. The highest BCUT2D eigenvalue weighted by atomic mass is 79.9. The zero-order chi connectivity index (χ0) is 34.0. The fraction of sp³-hybridized carbons (Fsp3) is 0.622. The van der Waals surface area contributed by atoms with Crippen LogP contribution in [0, 0.1) is 11.8 Å². The summed E-state index contributed by atoms with van der Waals surface area (Å²) in [5, 5.41) is 9.40. The predicted molar refractivity (Wildman–Crippen MR) is 182 cm³/mol. The lowest BCUT2D eigenvalue weighted by atomic mass is 9.74. The molecule has 1 aromatic carbocycles. The number of unbranched alkanes of at least 4 members (excludes halogenated alkanes) is 2. The number of carbonyl (C=O) groups is 4. The minimum atomic E-state index is -1.33. The van der Waals surface area contributed by atoms with Crippen molar-refractivity contribution >= 4 is 39.6 Å². The van der Waals surface area contributed by atoms with Gasteiger partial charge in [-0.1, -0.05) is 77.7 Å². The quantitative estimate of drug-likeness (QED) is 0.247. The first-order valence-electron chi connectivity index (χ1n) is 17.6. The highest BCUT2D eigenvalue weighted by Gasteiger charge is 2.75. The molecule has 11 heteroatoms. The van der Waals surface area contributed by atoms with Gasteiger partial charge in [0.05, 0.1) is 12.0 Å². The van der Waals surface area contributed by atoms with Crippen molar-refractivity contribution in [2.45, 2.75) is 107 Å². The van der Waals surface area contributed by atoms with Crippen molar-refractivity contribution in [1.82, 2.24) is 14.7 Å². The number of rotatable bonds is 7. The topological polar surface area (TPSA) is 117 Å². The summed E-state index contributed by atoms with van der Waals surface area (Å²) >= 11 is 3.65. The number of benzene rings is 1. The molecule has 10 nitrogen and oxygen atoms in total. The molecule has 1 saturated carbocycles. The highest BCUT2D eigenvalue weighted by Crippen LogP contribution is 2.59. The van der Waals surface area contributed by atoms with Crippen molar-refractivity contribution in [2.24, 2.45) is 11.8 Å². The first-order chi connectivity index (χ1) is 23.2. The number of esters is 1. The molecular weight excluding hydrogens is 678 g/mol. The van der Waals surface area contributed by atoms with Gasteiger partial charge in [0.25, 0.3) is 0 Å². The number of carbonyl (C=O) groups excluding carboxylic acids is 4. The maximum atomic E-state index is 15.0. The van der Waals surface area contributed by atoms with Crippen molar-refractivity contribution in [3.63, 3.8) is 0 Å². The molecule has 7 atom stereocenters. The van der Waals surface area contributed by atoms with Crippen molar-refractivity contribution in [3.8, 4) is 0 Å². The number of halogens is 1. The molecular formula is C37H48BrN3O7. The molecule has 1 spiro atoms. The molecule has 0 unspecified atom stereocenters. The second kappa shape index (κ2) is 14.8. The van der Waals surface area contributed by atoms with Gasteiger partial charge < -0.3 is 29.3 Å². The number of ether oxygens (including phenoxy) is 2. The molecule has 4 heterocycles. The van der Waals surface area contributed by atoms with Gasteiger partial charge in [0.1, 0.15) is 29.8 Å². The summed E-state index contributed by atoms with van der Waals surface area (Å²) in [6.07, 6.45) is 11.9. The summed E-state index contributed by atoms with van der Waals surface area (Å²) in [7, 11) is 1.73. The van der Waals surface area contributed by atoms with Crippen molar-refractivity contribution < 1.29 is 33.8 Å². The van der Waals surface area contributed by atoms with Crippen molar-refractivity contribution in [1.29, 1.82) is 0 Å². The van der Waals surface area contributed by atoms with Crippen LogP contribution in [0.15, 0.2) is 53.0 Å². The molecule has 1 aliphatic carbocycles. The second-order valence-electron chi connectivity index (χ2n) is 13.9. The number of nitrogens with zero attached hydrogens (tertiary/aromatic N) is 3. The minimum Gasteiger partial charge on any atom is -0.455 e. The number of cyclic esters (lactones) is 1. The molecule has 6 rings (SSSR count). The standard InChI is InChI=1S/C37H48BrN3O7/c1-24-31(25-15-7-3-8-16-25)47-36(46)29-30-34(44)41(21-13-6-14-22-42)33(37(30)23-27(38)32(29)48-37)35(45)40(26-17-9-4-10-18-26)20-12-5-11-19-28(43)39(24)2/h3,5,7-8,12,15-16,23-24,26,29-33,42H,4,6,9-11,13-14,17-22H2,1-2H3/b12-5-/t24-,29+,30-,31+,32+,33+,37-/m0/s1. The maximum Gasteiger partial charge on any atom is 0.313 e. The van der Waals surface area contributed by atoms with Gasteiger partial charge in [0.15, 0.2) is 0 Å². The Hall–Kier alpha value is -3.02. The summed E-state index contributed by atoms with van der Waals surface area (Å²) in [5.41, 5.74) is -0.590. The Morgan fingerprint density at radius 1 is 0.958 bits per heavy atom. The average molecular weight is 727 g/mol. The number of aliphatic hydroxyl groups excluding tert-OH is 1. The number of likely N-dealkylation sites (tertiary alicyclic amines) is 1. The van der Waals surface area contributed by atoms with E-state index in [4.69, 9.17) is 9.47 Å². The van der Waals surface area contributed by atoms with Crippen LogP contribution in [0.3, 0.4) is 0 Å². The summed E-state index contributed by atoms with van der Waals surface area (Å²) in [6, 6.07) is 7.94. The molecule has 4 aliphatic heterocycles. The van der Waals surface area contributed by atoms with Gasteiger partial charge in [-0.05, 0) is 57.1 Å². The summed E-state index contributed by atoms with van der Waals surface area (Å²) in [5.74, 6) is -3.04. The molecule has 3 fully saturated rings. The summed E-state index contributed by atoms with van der Waals surface area (Å²) < 4.78 is 13.7. The SMILES string of the molecule is C[C@H]1[C@H](c2ccccc2)OC(=O)[C@H]2[C@@H]3O[C@@]4(C=C3Br)[C@@H]2C(=O)N(CCCCCO)[C@@H]4C(=O)N(C2CCCCC2)C/C=C\CCC(=O)N1C. The van der Waals surface area contributed by atoms with Gasteiger partial charge in [-0.3, -0.25) is 19.2 Å². The van der Waals surface area contributed by atoms with E-state index >= 15 is 0 Å². The monoisotopic (exact) mass is 725 g/mol. The minimum absolute atomic E-state index is 0.0202. The Kier molecular flexibility index (Phi) is 10.8. The van der Waals surface area contributed by atoms with E-state index in [1.807, 2.05) is 60.4 Å². The third kappa shape index (κ3) is 6.38. The molecule has 1 N–H and O–H groups in total. The molecule has 0 radical (unpaired) electrons. The van der Waals surface area contributed by atoms with Crippen molar-refractivity contribution in [3.05, 3.63) is 58.6 Å². The van der Waals surface area contributed by atoms with Gasteiger partial charge in [0, 0.05) is 43.7 Å². The lowest BCUT2D eigenvalue weighted by molar-refractivity contribution is -0.164. The third-order valence-electron chi connectivity index (χ3n) is 11.1. The third-order valence-corrected chi connectivity index (χ3v) is 11.8. The van der Waals surface area contributed by atoms with Crippen LogP contribution in [0.1, 0.15) is 82.8 Å². The van der Waals surface area contributed by atoms with Gasteiger partial charge in [-0.2, -0.15) is 0 Å². The Labute approximate surface area is 291 Å². The van der Waals surface area contributed by atoms with Crippen LogP contribution in [0.4, 0.5) is 0 Å². The van der Waals surface area contributed by atoms with Crippen LogP contribution in [-0.4, -0.2) is 100 Å². The van der Waals surface area contributed by atoms with E-state index < -0.39 is 47.7 Å². The van der Waals surface area contributed by atoms with Crippen LogP contribution in [0.2, 0.25) is 0 Å². The van der Waals surface area contributed by atoms with Crippen LogP contribution in [0.25, 0.3) is 0 Å². The first kappa shape index (κ1) is 34.8. The molecule has 260 valence electrons. The number of aliphatic hydroxyl groups is 1. The molecule has 48 heavy (non-hydrogen) atoms. The molecule has 0 aromatic heterocycles. The number of hydrogen-bond donors (Lipinski definition) is 1. The Balaban J connectivity index is 1.43. The Morgan fingerprint density at radius 3 is 2.44 bits per heavy atom. The van der Waals surface area contributed by atoms with Gasteiger partial charge in [-0.25, -0.2) is 0 Å². The lowest BCUT2D eigenvalue weighted by Crippen LogP contribution is -2.58. The normalized spacial score (nSPS) is 34.0. The van der Waals surface area contributed by atoms with E-state index in [9.17, 15) is 24.3 Å². The van der Waals surface area contributed by atoms with E-state index in [0.717, 1.165) is 37.7 Å². The van der Waals surface area contributed by atoms with Crippen LogP contribution < -0.4 is 0 Å². The number of allylic oxidation sites excluding steroid dienone is 1. The van der Waals surface area contributed by atoms with E-state index in [0.29, 0.717) is 43.3 Å². The van der Waals surface area contributed by atoms with Crippen LogP contribution in [0.5, 0.6) is 0 Å². The van der Waals surface area contributed by atoms with E-state index in [2.05, 4.69) is 15.9 Å². The second-order valence-corrected chi connectivity index (χ2v) is 14.9. The van der Waals surface area contributed by atoms with Gasteiger partial charge in [-0.15, -0.1) is 0 Å². The lowest BCUT2D eigenvalue weighted by Gasteiger charge is -2.40. The first-order valence-corrected chi connectivity index (χ1v) is 18.4. The van der Waals surface area contributed by atoms with E-state index in [-0.39, 0.29) is 36.8 Å². The zero-order valence-electron chi connectivity index (χ0n) is 28.0. The fourth-order valence-electron chi connectivity index (χ4n) is 8.46. The summed E-state index contributed by atoms with van der Waals surface area (Å²) in [4.78, 5) is 62.6. The number of amides is 3. The zero-order valence-corrected chi connectivity index (χ0v) is 29.6. The Bertz CT molecular complexity index is 1430. The average Bonchev–Trinajstić information content (AvgIpc) is 3.69. The van der Waals surface area contributed by atoms with E-state index in [1.54, 1.807) is 16.8 Å². The summed E-state index contributed by atoms with van der Waals surface area (Å²) in [6.45, 7) is 2.61. The molecule has 2 saturated heterocycles. The van der Waals surface area contributed by atoms with Crippen molar-refractivity contribution in [2.75, 3.05) is 26.7 Å². The van der Waals surface area contributed by atoms with Crippen LogP contribution in [-0.2, 0) is 28.7 Å². The van der Waals surface area contributed by atoms with Crippen LogP contribution >= 0.6 is 15.9 Å². The molecule has 1 aromatic rings. The fourth-order valence-corrected chi connectivity index (χ4v) is 9.19. The molecule has 3 amide bonds. The largest absolute Gasteiger partial charge is 0.455 e. The Morgan fingerprint density at radius 2 is 1.71 bits per heavy atom. The highest BCUT2D eigenvalue weighted by molar-refractivity contribution is 9.11. The smallest absolute Gasteiger partial charge is 0.313 e. The van der Waals surface area contributed by atoms with Gasteiger partial charge >= 0.3 is 5.97 Å². The molecule has 5 bridgehead atoms. The number of hydrogen-bond acceptors (Lipinski definition) is 7.